The van der Waals surface area contributed by atoms with Gasteiger partial charge in [0, 0.05) is 12.5 Å². The lowest BCUT2D eigenvalue weighted by molar-refractivity contribution is -0.402. The van der Waals surface area contributed by atoms with Crippen LogP contribution in [0.1, 0.15) is 6.42 Å². The third-order valence-corrected chi connectivity index (χ3v) is 1.44. The van der Waals surface area contributed by atoms with Crippen LogP contribution in [-0.2, 0) is 4.74 Å². The van der Waals surface area contributed by atoms with Gasteiger partial charge >= 0.3 is 0 Å². The summed E-state index contributed by atoms with van der Waals surface area (Å²) >= 11 is 0. The normalized spacial score (nSPS) is 25.8. The van der Waals surface area contributed by atoms with Crippen molar-refractivity contribution in [3.05, 3.63) is 22.4 Å². The second-order valence-electron chi connectivity index (χ2n) is 2.25. The predicted octanol–water partition coefficient (Wildman–Crippen LogP) is 0.813. The van der Waals surface area contributed by atoms with Crippen LogP contribution in [0.3, 0.4) is 0 Å². The monoisotopic (exact) mass is 143 g/mol. The van der Waals surface area contributed by atoms with Crippen molar-refractivity contribution in [3.63, 3.8) is 0 Å². The second kappa shape index (κ2) is 3.31. The molecule has 0 N–H and O–H groups in total. The van der Waals surface area contributed by atoms with Crippen molar-refractivity contribution < 1.29 is 9.66 Å². The standard InChI is InChI=1S/C6H9NO3/c8-7(9)3-1-6-2-4-10-5-6/h1,3,6H,2,4-5H2/b3-1+/t6-/m0/s1. The summed E-state index contributed by atoms with van der Waals surface area (Å²) in [5, 5.41) is 9.83. The maximum atomic E-state index is 9.83. The summed E-state index contributed by atoms with van der Waals surface area (Å²) < 4.78 is 5.02. The van der Waals surface area contributed by atoms with Crippen molar-refractivity contribution >= 4 is 0 Å². The van der Waals surface area contributed by atoms with Gasteiger partial charge in [0.15, 0.2) is 0 Å². The number of hydrogen-bond acceptors (Lipinski definition) is 3. The second-order valence-corrected chi connectivity index (χ2v) is 2.25. The molecule has 56 valence electrons. The maximum Gasteiger partial charge on any atom is 0.230 e. The molecule has 10 heavy (non-hydrogen) atoms. The van der Waals surface area contributed by atoms with Gasteiger partial charge in [-0.05, 0) is 12.5 Å². The van der Waals surface area contributed by atoms with Gasteiger partial charge in [0.1, 0.15) is 0 Å². The molecule has 0 saturated carbocycles. The van der Waals surface area contributed by atoms with Crippen molar-refractivity contribution in [3.8, 4) is 0 Å². The van der Waals surface area contributed by atoms with Gasteiger partial charge in [0.2, 0.25) is 6.20 Å². The minimum atomic E-state index is -0.446. The van der Waals surface area contributed by atoms with Gasteiger partial charge in [-0.2, -0.15) is 0 Å². The highest BCUT2D eigenvalue weighted by molar-refractivity contribution is 4.84. The zero-order chi connectivity index (χ0) is 7.40. The van der Waals surface area contributed by atoms with E-state index < -0.39 is 4.92 Å². The molecule has 0 spiro atoms. The highest BCUT2D eigenvalue weighted by Gasteiger charge is 2.12. The van der Waals surface area contributed by atoms with E-state index in [0.29, 0.717) is 6.61 Å². The molecule has 1 fully saturated rings. The van der Waals surface area contributed by atoms with Crippen LogP contribution in [0.4, 0.5) is 0 Å². The Morgan fingerprint density at radius 1 is 1.70 bits per heavy atom. The van der Waals surface area contributed by atoms with Gasteiger partial charge in [-0.1, -0.05) is 0 Å². The van der Waals surface area contributed by atoms with Crippen LogP contribution < -0.4 is 0 Å². The Morgan fingerprint density at radius 3 is 3.00 bits per heavy atom. The van der Waals surface area contributed by atoms with Gasteiger partial charge < -0.3 is 4.74 Å². The molecular weight excluding hydrogens is 134 g/mol. The Kier molecular flexibility index (Phi) is 2.39. The average Bonchev–Trinajstić information content (AvgIpc) is 2.34. The Balaban J connectivity index is 2.29. The fourth-order valence-electron chi connectivity index (χ4n) is 0.897. The Labute approximate surface area is 58.6 Å². The molecular formula is C6H9NO3. The number of ether oxygens (including phenoxy) is 1. The molecule has 1 aliphatic heterocycles. The van der Waals surface area contributed by atoms with E-state index in [1.54, 1.807) is 6.08 Å². The van der Waals surface area contributed by atoms with Gasteiger partial charge in [0.05, 0.1) is 11.5 Å². The predicted molar refractivity (Wildman–Crippen MR) is 35.1 cm³/mol. The molecule has 0 aliphatic carbocycles. The average molecular weight is 143 g/mol. The van der Waals surface area contributed by atoms with Crippen LogP contribution in [-0.4, -0.2) is 18.1 Å². The molecule has 1 atom stereocenters. The SMILES string of the molecule is O=[N+]([O-])/C=C/[C@H]1CCOC1. The van der Waals surface area contributed by atoms with E-state index >= 15 is 0 Å². The van der Waals surface area contributed by atoms with Crippen molar-refractivity contribution in [1.29, 1.82) is 0 Å². The molecule has 4 heteroatoms. The third-order valence-electron chi connectivity index (χ3n) is 1.44. The van der Waals surface area contributed by atoms with Crippen LogP contribution in [0.5, 0.6) is 0 Å². The number of rotatable bonds is 2. The first-order chi connectivity index (χ1) is 4.79. The summed E-state index contributed by atoms with van der Waals surface area (Å²) in [4.78, 5) is 9.39. The molecule has 0 aromatic rings. The fourth-order valence-corrected chi connectivity index (χ4v) is 0.897. The lowest BCUT2D eigenvalue weighted by Gasteiger charge is -1.93. The van der Waals surface area contributed by atoms with Crippen LogP contribution in [0.15, 0.2) is 12.3 Å². The molecule has 1 aliphatic rings. The zero-order valence-corrected chi connectivity index (χ0v) is 5.53. The lowest BCUT2D eigenvalue weighted by Crippen LogP contribution is -1.95. The number of nitro groups is 1. The Bertz CT molecular complexity index is 149. The largest absolute Gasteiger partial charge is 0.381 e. The quantitative estimate of drug-likeness (QED) is 0.424. The zero-order valence-electron chi connectivity index (χ0n) is 5.53. The summed E-state index contributed by atoms with van der Waals surface area (Å²) in [6.07, 6.45) is 3.48. The Morgan fingerprint density at radius 2 is 2.50 bits per heavy atom. The van der Waals surface area contributed by atoms with E-state index in [1.807, 2.05) is 0 Å². The minimum Gasteiger partial charge on any atom is -0.381 e. The molecule has 0 radical (unpaired) electrons. The van der Waals surface area contributed by atoms with E-state index in [9.17, 15) is 10.1 Å². The molecule has 0 bridgehead atoms. The van der Waals surface area contributed by atoms with E-state index in [2.05, 4.69) is 0 Å². The Hall–Kier alpha value is -0.900. The topological polar surface area (TPSA) is 52.4 Å². The van der Waals surface area contributed by atoms with Gasteiger partial charge in [-0.25, -0.2) is 0 Å². The highest BCUT2D eigenvalue weighted by atomic mass is 16.6. The molecule has 1 rings (SSSR count). The van der Waals surface area contributed by atoms with E-state index in [0.717, 1.165) is 19.2 Å². The van der Waals surface area contributed by atoms with Crippen molar-refractivity contribution in [2.75, 3.05) is 13.2 Å². The molecule has 0 unspecified atom stereocenters. The summed E-state index contributed by atoms with van der Waals surface area (Å²) in [6.45, 7) is 1.36. The van der Waals surface area contributed by atoms with E-state index in [1.165, 1.54) is 0 Å². The fraction of sp³-hybridized carbons (Fsp3) is 0.667. The molecule has 1 saturated heterocycles. The highest BCUT2D eigenvalue weighted by Crippen LogP contribution is 2.12. The third kappa shape index (κ3) is 2.14. The molecule has 0 amide bonds. The van der Waals surface area contributed by atoms with Crippen LogP contribution in [0.2, 0.25) is 0 Å². The van der Waals surface area contributed by atoms with Gasteiger partial charge in [-0.15, -0.1) is 0 Å². The summed E-state index contributed by atoms with van der Waals surface area (Å²) in [6, 6.07) is 0. The molecule has 4 nitrogen and oxygen atoms in total. The maximum absolute atomic E-state index is 9.83. The van der Waals surface area contributed by atoms with E-state index in [4.69, 9.17) is 4.74 Å². The first-order valence-corrected chi connectivity index (χ1v) is 3.18. The summed E-state index contributed by atoms with van der Waals surface area (Å²) in [5.41, 5.74) is 0. The summed E-state index contributed by atoms with van der Waals surface area (Å²) in [7, 11) is 0. The van der Waals surface area contributed by atoms with Crippen LogP contribution in [0, 0.1) is 16.0 Å². The van der Waals surface area contributed by atoms with Crippen molar-refractivity contribution in [1.82, 2.24) is 0 Å². The van der Waals surface area contributed by atoms with Crippen LogP contribution in [0.25, 0.3) is 0 Å². The van der Waals surface area contributed by atoms with Crippen molar-refractivity contribution in [2.45, 2.75) is 6.42 Å². The summed E-state index contributed by atoms with van der Waals surface area (Å²) in [5.74, 6) is 0.255. The minimum absolute atomic E-state index is 0.255. The smallest absolute Gasteiger partial charge is 0.230 e. The van der Waals surface area contributed by atoms with Gasteiger partial charge in [0.25, 0.3) is 0 Å². The molecule has 0 aromatic carbocycles. The first-order valence-electron chi connectivity index (χ1n) is 3.18. The number of hydrogen-bond donors (Lipinski definition) is 0. The molecule has 1 heterocycles. The van der Waals surface area contributed by atoms with E-state index in [-0.39, 0.29) is 5.92 Å². The van der Waals surface area contributed by atoms with Gasteiger partial charge in [-0.3, -0.25) is 10.1 Å². The lowest BCUT2D eigenvalue weighted by atomic mass is 10.1. The molecule has 0 aromatic heterocycles. The first kappa shape index (κ1) is 7.21. The number of nitrogens with zero attached hydrogens (tertiary/aromatic N) is 1. The van der Waals surface area contributed by atoms with Crippen LogP contribution >= 0.6 is 0 Å². The van der Waals surface area contributed by atoms with Crippen molar-refractivity contribution in [2.24, 2.45) is 5.92 Å².